The van der Waals surface area contributed by atoms with Gasteiger partial charge in [0, 0.05) is 17.5 Å². The number of amides is 1. The SMILES string of the molecule is CNS(=O)(=O)c1cc(C(=O)N2CCC[C@@H]2c2cccs2)co1. The van der Waals surface area contributed by atoms with Crippen LogP contribution in [0.4, 0.5) is 0 Å². The molecule has 118 valence electrons. The minimum absolute atomic E-state index is 0.0618. The molecule has 0 radical (unpaired) electrons. The number of carbonyl (C=O) groups is 1. The molecule has 0 saturated carbocycles. The van der Waals surface area contributed by atoms with Gasteiger partial charge in [-0.1, -0.05) is 6.07 Å². The van der Waals surface area contributed by atoms with Crippen LogP contribution in [0.3, 0.4) is 0 Å². The van der Waals surface area contributed by atoms with Crippen molar-refractivity contribution in [3.63, 3.8) is 0 Å². The number of sulfonamides is 1. The van der Waals surface area contributed by atoms with Crippen LogP contribution < -0.4 is 4.72 Å². The van der Waals surface area contributed by atoms with Gasteiger partial charge in [-0.15, -0.1) is 11.3 Å². The Morgan fingerprint density at radius 1 is 1.50 bits per heavy atom. The van der Waals surface area contributed by atoms with Gasteiger partial charge in [0.25, 0.3) is 15.9 Å². The Morgan fingerprint density at radius 2 is 2.32 bits per heavy atom. The van der Waals surface area contributed by atoms with E-state index in [-0.39, 0.29) is 22.6 Å². The zero-order chi connectivity index (χ0) is 15.7. The predicted molar refractivity (Wildman–Crippen MR) is 82.3 cm³/mol. The van der Waals surface area contributed by atoms with Gasteiger partial charge >= 0.3 is 0 Å². The number of furan rings is 1. The average Bonchev–Trinajstić information content (AvgIpc) is 3.25. The van der Waals surface area contributed by atoms with Crippen LogP contribution in [0, 0.1) is 0 Å². The normalized spacial score (nSPS) is 18.8. The van der Waals surface area contributed by atoms with Crippen LogP contribution in [0.25, 0.3) is 0 Å². The average molecular weight is 340 g/mol. The van der Waals surface area contributed by atoms with E-state index in [9.17, 15) is 13.2 Å². The van der Waals surface area contributed by atoms with Gasteiger partial charge < -0.3 is 9.32 Å². The number of hydrogen-bond donors (Lipinski definition) is 1. The van der Waals surface area contributed by atoms with Gasteiger partial charge in [0.2, 0.25) is 5.09 Å². The Morgan fingerprint density at radius 3 is 3.00 bits per heavy atom. The van der Waals surface area contributed by atoms with E-state index in [2.05, 4.69) is 4.72 Å². The summed E-state index contributed by atoms with van der Waals surface area (Å²) in [5, 5.41) is 1.75. The van der Waals surface area contributed by atoms with Crippen molar-refractivity contribution in [1.82, 2.24) is 9.62 Å². The highest BCUT2D eigenvalue weighted by molar-refractivity contribution is 7.89. The first-order chi connectivity index (χ1) is 10.5. The van der Waals surface area contributed by atoms with Gasteiger partial charge in [0.15, 0.2) is 0 Å². The standard InChI is InChI=1S/C14H16N2O4S2/c1-15-22(18,19)13-8-10(9-20-13)14(17)16-6-2-4-11(16)12-5-3-7-21-12/h3,5,7-9,11,15H,2,4,6H2,1H3/t11-/m1/s1. The van der Waals surface area contributed by atoms with Crippen molar-refractivity contribution in [2.45, 2.75) is 24.0 Å². The van der Waals surface area contributed by atoms with E-state index >= 15 is 0 Å². The summed E-state index contributed by atoms with van der Waals surface area (Å²) < 4.78 is 30.6. The van der Waals surface area contributed by atoms with E-state index in [1.54, 1.807) is 16.2 Å². The molecular weight excluding hydrogens is 324 g/mol. The molecule has 0 bridgehead atoms. The zero-order valence-electron chi connectivity index (χ0n) is 12.0. The van der Waals surface area contributed by atoms with Crippen LogP contribution in [0.5, 0.6) is 0 Å². The molecule has 1 N–H and O–H groups in total. The Kier molecular flexibility index (Phi) is 4.07. The number of likely N-dealkylation sites (tertiary alicyclic amines) is 1. The molecule has 22 heavy (non-hydrogen) atoms. The minimum Gasteiger partial charge on any atom is -0.451 e. The largest absolute Gasteiger partial charge is 0.451 e. The molecule has 1 amide bonds. The lowest BCUT2D eigenvalue weighted by atomic mass is 10.1. The molecule has 1 saturated heterocycles. The molecule has 3 rings (SSSR count). The molecule has 0 spiro atoms. The molecule has 0 aliphatic carbocycles. The van der Waals surface area contributed by atoms with Gasteiger partial charge in [-0.2, -0.15) is 0 Å². The molecule has 1 aliphatic rings. The maximum absolute atomic E-state index is 12.6. The summed E-state index contributed by atoms with van der Waals surface area (Å²) in [4.78, 5) is 15.6. The third-order valence-electron chi connectivity index (χ3n) is 3.74. The van der Waals surface area contributed by atoms with Crippen molar-refractivity contribution >= 4 is 27.3 Å². The van der Waals surface area contributed by atoms with Crippen LogP contribution in [-0.4, -0.2) is 32.8 Å². The Hall–Kier alpha value is -1.64. The van der Waals surface area contributed by atoms with Crippen molar-refractivity contribution in [3.8, 4) is 0 Å². The predicted octanol–water partition coefficient (Wildman–Crippen LogP) is 2.23. The fourth-order valence-electron chi connectivity index (χ4n) is 2.62. The van der Waals surface area contributed by atoms with Crippen LogP contribution in [0.1, 0.15) is 34.1 Å². The molecule has 6 nitrogen and oxygen atoms in total. The summed E-state index contributed by atoms with van der Waals surface area (Å²) in [5.74, 6) is -0.197. The zero-order valence-corrected chi connectivity index (χ0v) is 13.6. The number of nitrogens with one attached hydrogen (secondary N) is 1. The molecule has 3 heterocycles. The van der Waals surface area contributed by atoms with Crippen molar-refractivity contribution in [2.24, 2.45) is 0 Å². The molecule has 1 aliphatic heterocycles. The Bertz CT molecular complexity index is 765. The lowest BCUT2D eigenvalue weighted by Gasteiger charge is -2.23. The quantitative estimate of drug-likeness (QED) is 0.925. The van der Waals surface area contributed by atoms with E-state index in [0.717, 1.165) is 17.7 Å². The van der Waals surface area contributed by atoms with Crippen LogP contribution >= 0.6 is 11.3 Å². The number of carbonyl (C=O) groups excluding carboxylic acids is 1. The van der Waals surface area contributed by atoms with Crippen molar-refractivity contribution in [2.75, 3.05) is 13.6 Å². The van der Waals surface area contributed by atoms with Crippen molar-refractivity contribution < 1.29 is 17.6 Å². The second-order valence-corrected chi connectivity index (χ2v) is 7.83. The summed E-state index contributed by atoms with van der Waals surface area (Å²) in [6.07, 6.45) is 3.07. The summed E-state index contributed by atoms with van der Waals surface area (Å²) in [6, 6.07) is 5.33. The topological polar surface area (TPSA) is 79.6 Å². The maximum Gasteiger partial charge on any atom is 0.273 e. The minimum atomic E-state index is -3.68. The van der Waals surface area contributed by atoms with E-state index in [1.807, 2.05) is 17.5 Å². The molecular formula is C14H16N2O4S2. The van der Waals surface area contributed by atoms with Gasteiger partial charge in [0.1, 0.15) is 6.26 Å². The molecule has 0 aromatic carbocycles. The highest BCUT2D eigenvalue weighted by Gasteiger charge is 2.32. The first kappa shape index (κ1) is 15.3. The molecule has 1 atom stereocenters. The van der Waals surface area contributed by atoms with E-state index in [4.69, 9.17) is 4.42 Å². The lowest BCUT2D eigenvalue weighted by molar-refractivity contribution is 0.0737. The first-order valence-corrected chi connectivity index (χ1v) is 9.25. The molecule has 1 fully saturated rings. The summed E-state index contributed by atoms with van der Waals surface area (Å²) in [6.45, 7) is 0.667. The summed E-state index contributed by atoms with van der Waals surface area (Å²) >= 11 is 1.63. The number of nitrogens with zero attached hydrogens (tertiary/aromatic N) is 1. The molecule has 0 unspecified atom stereocenters. The van der Waals surface area contributed by atoms with Crippen LogP contribution in [-0.2, 0) is 10.0 Å². The molecule has 2 aromatic rings. The third kappa shape index (κ3) is 2.69. The third-order valence-corrected chi connectivity index (χ3v) is 6.00. The van der Waals surface area contributed by atoms with E-state index in [1.165, 1.54) is 19.4 Å². The van der Waals surface area contributed by atoms with Gasteiger partial charge in [0.05, 0.1) is 11.6 Å². The fraction of sp³-hybridized carbons (Fsp3) is 0.357. The van der Waals surface area contributed by atoms with Crippen molar-refractivity contribution in [3.05, 3.63) is 40.3 Å². The van der Waals surface area contributed by atoms with Gasteiger partial charge in [-0.25, -0.2) is 13.1 Å². The van der Waals surface area contributed by atoms with Crippen molar-refractivity contribution in [1.29, 1.82) is 0 Å². The van der Waals surface area contributed by atoms with Crippen LogP contribution in [0.15, 0.2) is 39.4 Å². The van der Waals surface area contributed by atoms with Gasteiger partial charge in [-0.3, -0.25) is 4.79 Å². The number of thiophene rings is 1. The van der Waals surface area contributed by atoms with E-state index in [0.29, 0.717) is 6.54 Å². The summed E-state index contributed by atoms with van der Waals surface area (Å²) in [7, 11) is -2.38. The molecule has 2 aromatic heterocycles. The summed E-state index contributed by atoms with van der Waals surface area (Å²) in [5.41, 5.74) is 0.261. The smallest absolute Gasteiger partial charge is 0.273 e. The second kappa shape index (κ2) is 5.86. The Labute approximate surface area is 132 Å². The highest BCUT2D eigenvalue weighted by Crippen LogP contribution is 2.35. The Balaban J connectivity index is 1.85. The van der Waals surface area contributed by atoms with Crippen LogP contribution in [0.2, 0.25) is 0 Å². The fourth-order valence-corrected chi connectivity index (χ4v) is 4.15. The molecule has 8 heteroatoms. The van der Waals surface area contributed by atoms with E-state index < -0.39 is 10.0 Å². The monoisotopic (exact) mass is 340 g/mol. The number of hydrogen-bond acceptors (Lipinski definition) is 5. The maximum atomic E-state index is 12.6. The lowest BCUT2D eigenvalue weighted by Crippen LogP contribution is -2.29. The number of rotatable bonds is 4. The second-order valence-electron chi connectivity index (χ2n) is 5.03. The first-order valence-electron chi connectivity index (χ1n) is 6.89. The highest BCUT2D eigenvalue weighted by atomic mass is 32.2. The van der Waals surface area contributed by atoms with Gasteiger partial charge in [-0.05, 0) is 31.3 Å².